The zero-order valence-electron chi connectivity index (χ0n) is 8.76. The lowest BCUT2D eigenvalue weighted by molar-refractivity contribution is 0.0697. The fraction of sp³-hybridized carbons (Fsp3) is 0.250. The number of aromatic nitrogens is 1. The van der Waals surface area contributed by atoms with Crippen molar-refractivity contribution in [1.29, 1.82) is 0 Å². The van der Waals surface area contributed by atoms with Gasteiger partial charge in [-0.1, -0.05) is 6.07 Å². The summed E-state index contributed by atoms with van der Waals surface area (Å²) in [7, 11) is 0. The van der Waals surface area contributed by atoms with E-state index in [4.69, 9.17) is 10.2 Å². The number of hydrogen-bond donors (Lipinski definition) is 2. The third kappa shape index (κ3) is 1.92. The summed E-state index contributed by atoms with van der Waals surface area (Å²) in [6.07, 6.45) is 2.58. The standard InChI is InChI=1S/C12H13NO3/c14-7-1-5-13-6-4-9-2-3-10(12(15)16)8-11(9)13/h2-4,6,8,14H,1,5,7H2,(H,15,16). The topological polar surface area (TPSA) is 62.5 Å². The monoisotopic (exact) mass is 219 g/mol. The number of carboxylic acids is 1. The molecule has 84 valence electrons. The molecule has 1 aromatic heterocycles. The van der Waals surface area contributed by atoms with Crippen molar-refractivity contribution in [2.75, 3.05) is 6.61 Å². The number of nitrogens with zero attached hydrogens (tertiary/aromatic N) is 1. The predicted molar refractivity (Wildman–Crippen MR) is 60.6 cm³/mol. The highest BCUT2D eigenvalue weighted by Gasteiger charge is 2.06. The summed E-state index contributed by atoms with van der Waals surface area (Å²) in [6, 6.07) is 7.00. The zero-order valence-corrected chi connectivity index (χ0v) is 8.76. The molecule has 0 aliphatic rings. The van der Waals surface area contributed by atoms with E-state index >= 15 is 0 Å². The molecule has 4 heteroatoms. The summed E-state index contributed by atoms with van der Waals surface area (Å²) in [5.74, 6) is -0.920. The SMILES string of the molecule is O=C(O)c1ccc2ccn(CCCO)c2c1. The van der Waals surface area contributed by atoms with Crippen molar-refractivity contribution in [1.82, 2.24) is 4.57 Å². The minimum atomic E-state index is -0.920. The van der Waals surface area contributed by atoms with Gasteiger partial charge in [0.25, 0.3) is 0 Å². The fourth-order valence-electron chi connectivity index (χ4n) is 1.75. The molecule has 2 aromatic rings. The highest BCUT2D eigenvalue weighted by Crippen LogP contribution is 2.18. The molecule has 2 rings (SSSR count). The second-order valence-electron chi connectivity index (χ2n) is 3.67. The van der Waals surface area contributed by atoms with Crippen LogP contribution in [0.15, 0.2) is 30.5 Å². The van der Waals surface area contributed by atoms with Crippen LogP contribution in [0.5, 0.6) is 0 Å². The molecule has 0 bridgehead atoms. The Morgan fingerprint density at radius 3 is 2.81 bits per heavy atom. The van der Waals surface area contributed by atoms with Crippen LogP contribution in [0.4, 0.5) is 0 Å². The molecule has 0 unspecified atom stereocenters. The number of carbonyl (C=O) groups is 1. The Morgan fingerprint density at radius 2 is 2.12 bits per heavy atom. The van der Waals surface area contributed by atoms with Gasteiger partial charge in [0.15, 0.2) is 0 Å². The Hall–Kier alpha value is -1.81. The van der Waals surface area contributed by atoms with Gasteiger partial charge < -0.3 is 14.8 Å². The molecule has 0 radical (unpaired) electrons. The summed E-state index contributed by atoms with van der Waals surface area (Å²) in [5.41, 5.74) is 1.18. The van der Waals surface area contributed by atoms with E-state index in [9.17, 15) is 4.79 Å². The highest BCUT2D eigenvalue weighted by molar-refractivity contribution is 5.93. The van der Waals surface area contributed by atoms with E-state index in [1.54, 1.807) is 18.2 Å². The van der Waals surface area contributed by atoms with E-state index in [2.05, 4.69) is 0 Å². The van der Waals surface area contributed by atoms with Gasteiger partial charge in [0.1, 0.15) is 0 Å². The lowest BCUT2D eigenvalue weighted by atomic mass is 10.1. The van der Waals surface area contributed by atoms with Gasteiger partial charge in [0.05, 0.1) is 5.56 Å². The number of aryl methyl sites for hydroxylation is 1. The van der Waals surface area contributed by atoms with Crippen molar-refractivity contribution >= 4 is 16.9 Å². The third-order valence-electron chi connectivity index (χ3n) is 2.58. The highest BCUT2D eigenvalue weighted by atomic mass is 16.4. The van der Waals surface area contributed by atoms with Crippen LogP contribution in [0.2, 0.25) is 0 Å². The minimum Gasteiger partial charge on any atom is -0.478 e. The average Bonchev–Trinajstić information content (AvgIpc) is 2.68. The first-order chi connectivity index (χ1) is 7.72. The van der Waals surface area contributed by atoms with E-state index in [1.165, 1.54) is 0 Å². The Bertz CT molecular complexity index is 516. The van der Waals surface area contributed by atoms with Crippen molar-refractivity contribution in [2.24, 2.45) is 0 Å². The summed E-state index contributed by atoms with van der Waals surface area (Å²) in [4.78, 5) is 10.8. The Morgan fingerprint density at radius 1 is 1.31 bits per heavy atom. The maximum atomic E-state index is 10.8. The van der Waals surface area contributed by atoms with E-state index < -0.39 is 5.97 Å². The molecular weight excluding hydrogens is 206 g/mol. The van der Waals surface area contributed by atoms with Crippen LogP contribution in [-0.2, 0) is 6.54 Å². The van der Waals surface area contributed by atoms with E-state index in [0.717, 1.165) is 10.9 Å². The molecule has 4 nitrogen and oxygen atoms in total. The summed E-state index contributed by atoms with van der Waals surface area (Å²) >= 11 is 0. The smallest absolute Gasteiger partial charge is 0.335 e. The van der Waals surface area contributed by atoms with Gasteiger partial charge in [-0.15, -0.1) is 0 Å². The molecule has 0 atom stereocenters. The third-order valence-corrected chi connectivity index (χ3v) is 2.58. The van der Waals surface area contributed by atoms with Crippen molar-refractivity contribution < 1.29 is 15.0 Å². The van der Waals surface area contributed by atoms with Gasteiger partial charge >= 0.3 is 5.97 Å². The molecule has 2 N–H and O–H groups in total. The second-order valence-corrected chi connectivity index (χ2v) is 3.67. The molecule has 16 heavy (non-hydrogen) atoms. The first-order valence-corrected chi connectivity index (χ1v) is 5.15. The first kappa shape index (κ1) is 10.7. The fourth-order valence-corrected chi connectivity index (χ4v) is 1.75. The average molecular weight is 219 g/mol. The number of aliphatic hydroxyl groups excluding tert-OH is 1. The van der Waals surface area contributed by atoms with Crippen molar-refractivity contribution in [3.63, 3.8) is 0 Å². The second kappa shape index (κ2) is 4.37. The zero-order chi connectivity index (χ0) is 11.5. The van der Waals surface area contributed by atoms with Gasteiger partial charge in [0.2, 0.25) is 0 Å². The van der Waals surface area contributed by atoms with Crippen LogP contribution in [0.3, 0.4) is 0 Å². The van der Waals surface area contributed by atoms with Crippen LogP contribution in [0.1, 0.15) is 16.8 Å². The van der Waals surface area contributed by atoms with Crippen molar-refractivity contribution in [3.8, 4) is 0 Å². The van der Waals surface area contributed by atoms with Crippen molar-refractivity contribution in [3.05, 3.63) is 36.0 Å². The number of fused-ring (bicyclic) bond motifs is 1. The molecule has 0 saturated carbocycles. The van der Waals surface area contributed by atoms with Crippen LogP contribution in [0.25, 0.3) is 10.9 Å². The number of rotatable bonds is 4. The summed E-state index contributed by atoms with van der Waals surface area (Å²) in [6.45, 7) is 0.835. The molecule has 0 fully saturated rings. The van der Waals surface area contributed by atoms with Gasteiger partial charge in [-0.25, -0.2) is 4.79 Å². The normalized spacial score (nSPS) is 10.8. The molecule has 0 aliphatic carbocycles. The summed E-state index contributed by atoms with van der Waals surface area (Å²) in [5, 5.41) is 18.7. The van der Waals surface area contributed by atoms with E-state index in [-0.39, 0.29) is 12.2 Å². The van der Waals surface area contributed by atoms with E-state index in [0.29, 0.717) is 13.0 Å². The van der Waals surface area contributed by atoms with Gasteiger partial charge in [0, 0.05) is 24.9 Å². The first-order valence-electron chi connectivity index (χ1n) is 5.15. The molecule has 1 aromatic carbocycles. The Labute approximate surface area is 92.7 Å². The van der Waals surface area contributed by atoms with Gasteiger partial charge in [-0.3, -0.25) is 0 Å². The molecular formula is C12H13NO3. The number of aromatic carboxylic acids is 1. The number of hydrogen-bond acceptors (Lipinski definition) is 2. The maximum absolute atomic E-state index is 10.8. The van der Waals surface area contributed by atoms with Crippen LogP contribution in [-0.4, -0.2) is 27.4 Å². The van der Waals surface area contributed by atoms with Crippen LogP contribution < -0.4 is 0 Å². The lowest BCUT2D eigenvalue weighted by Gasteiger charge is -2.04. The van der Waals surface area contributed by atoms with Crippen LogP contribution >= 0.6 is 0 Å². The Balaban J connectivity index is 2.43. The quantitative estimate of drug-likeness (QED) is 0.823. The van der Waals surface area contributed by atoms with Crippen LogP contribution in [0, 0.1) is 0 Å². The largest absolute Gasteiger partial charge is 0.478 e. The number of aliphatic hydroxyl groups is 1. The molecule has 0 amide bonds. The van der Waals surface area contributed by atoms with E-state index in [1.807, 2.05) is 16.8 Å². The molecule has 1 heterocycles. The minimum absolute atomic E-state index is 0.137. The lowest BCUT2D eigenvalue weighted by Crippen LogP contribution is -2.00. The predicted octanol–water partition coefficient (Wildman–Crippen LogP) is 1.72. The molecule has 0 spiro atoms. The van der Waals surface area contributed by atoms with Crippen molar-refractivity contribution in [2.45, 2.75) is 13.0 Å². The van der Waals surface area contributed by atoms with Gasteiger partial charge in [-0.05, 0) is 30.0 Å². The Kier molecular flexibility index (Phi) is 2.92. The molecule has 0 aliphatic heterocycles. The number of carboxylic acid groups (broad SMARTS) is 1. The summed E-state index contributed by atoms with van der Waals surface area (Å²) < 4.78 is 1.96. The molecule has 0 saturated heterocycles. The van der Waals surface area contributed by atoms with Gasteiger partial charge in [-0.2, -0.15) is 0 Å². The number of benzene rings is 1. The maximum Gasteiger partial charge on any atom is 0.335 e.